The maximum absolute atomic E-state index is 9.69. The van der Waals surface area contributed by atoms with Gasteiger partial charge >= 0.3 is 0 Å². The van der Waals surface area contributed by atoms with E-state index in [-0.39, 0.29) is 18.8 Å². The van der Waals surface area contributed by atoms with E-state index < -0.39 is 0 Å². The number of aliphatic hydroxyl groups is 2. The van der Waals surface area contributed by atoms with Gasteiger partial charge in [0.2, 0.25) is 0 Å². The van der Waals surface area contributed by atoms with Crippen molar-refractivity contribution in [3.63, 3.8) is 0 Å². The summed E-state index contributed by atoms with van der Waals surface area (Å²) in [6.07, 6.45) is 12.8. The molecule has 1 aliphatic rings. The Morgan fingerprint density at radius 2 is 1.89 bits per heavy atom. The standard InChI is InChI=1S/C20H33N5O2/c1-17(7-8-18(2)25-15-22-23-16-25)21-10-5-3-4-6-11-24-12-9-20(27)13-19(24)14-26/h7-8,15-16,19-21,26-27H,1-6,9-14H2/b8-7-. The van der Waals surface area contributed by atoms with Crippen molar-refractivity contribution in [3.05, 3.63) is 43.7 Å². The van der Waals surface area contributed by atoms with Gasteiger partial charge in [0.15, 0.2) is 0 Å². The Labute approximate surface area is 162 Å². The molecule has 1 aromatic heterocycles. The van der Waals surface area contributed by atoms with Gasteiger partial charge in [-0.15, -0.1) is 10.2 Å². The molecule has 0 radical (unpaired) electrons. The van der Waals surface area contributed by atoms with Crippen LogP contribution in [0.25, 0.3) is 5.70 Å². The van der Waals surface area contributed by atoms with E-state index in [9.17, 15) is 10.2 Å². The number of aromatic nitrogens is 3. The summed E-state index contributed by atoms with van der Waals surface area (Å²) in [4.78, 5) is 2.32. The molecule has 2 unspecified atom stereocenters. The van der Waals surface area contributed by atoms with Crippen LogP contribution in [0.2, 0.25) is 0 Å². The van der Waals surface area contributed by atoms with Crippen molar-refractivity contribution in [3.8, 4) is 0 Å². The van der Waals surface area contributed by atoms with Crippen molar-refractivity contribution in [2.75, 3.05) is 26.2 Å². The van der Waals surface area contributed by atoms with Crippen molar-refractivity contribution < 1.29 is 10.2 Å². The van der Waals surface area contributed by atoms with Crippen LogP contribution in [-0.4, -0.2) is 68.3 Å². The Kier molecular flexibility index (Phi) is 9.24. The molecule has 0 bridgehead atoms. The molecule has 1 saturated heterocycles. The van der Waals surface area contributed by atoms with E-state index in [4.69, 9.17) is 0 Å². The Bertz CT molecular complexity index is 600. The Morgan fingerprint density at radius 3 is 2.63 bits per heavy atom. The molecule has 3 N–H and O–H groups in total. The number of likely N-dealkylation sites (tertiary alicyclic amines) is 1. The predicted molar refractivity (Wildman–Crippen MR) is 108 cm³/mol. The second-order valence-corrected chi connectivity index (χ2v) is 7.11. The summed E-state index contributed by atoms with van der Waals surface area (Å²) in [6.45, 7) is 10.9. The second kappa shape index (κ2) is 11.7. The molecule has 7 nitrogen and oxygen atoms in total. The lowest BCUT2D eigenvalue weighted by Crippen LogP contribution is -2.46. The van der Waals surface area contributed by atoms with Gasteiger partial charge in [0, 0.05) is 30.5 Å². The normalized spacial score (nSPS) is 20.8. The predicted octanol–water partition coefficient (Wildman–Crippen LogP) is 1.79. The highest BCUT2D eigenvalue weighted by Crippen LogP contribution is 2.18. The van der Waals surface area contributed by atoms with E-state index in [1.54, 1.807) is 17.2 Å². The largest absolute Gasteiger partial charge is 0.395 e. The fourth-order valence-electron chi connectivity index (χ4n) is 3.30. The summed E-state index contributed by atoms with van der Waals surface area (Å²) < 4.78 is 1.74. The minimum Gasteiger partial charge on any atom is -0.395 e. The van der Waals surface area contributed by atoms with Crippen molar-refractivity contribution in [1.29, 1.82) is 0 Å². The molecule has 27 heavy (non-hydrogen) atoms. The zero-order valence-electron chi connectivity index (χ0n) is 16.1. The smallest absolute Gasteiger partial charge is 0.123 e. The van der Waals surface area contributed by atoms with Gasteiger partial charge in [-0.3, -0.25) is 9.47 Å². The van der Waals surface area contributed by atoms with E-state index in [1.807, 2.05) is 12.2 Å². The lowest BCUT2D eigenvalue weighted by atomic mass is 9.99. The van der Waals surface area contributed by atoms with Crippen LogP contribution in [-0.2, 0) is 0 Å². The highest BCUT2D eigenvalue weighted by Gasteiger charge is 2.25. The highest BCUT2D eigenvalue weighted by molar-refractivity contribution is 5.54. The molecule has 0 aliphatic carbocycles. The van der Waals surface area contributed by atoms with Crippen molar-refractivity contribution >= 4 is 5.70 Å². The topological polar surface area (TPSA) is 86.4 Å². The zero-order valence-corrected chi connectivity index (χ0v) is 16.1. The lowest BCUT2D eigenvalue weighted by molar-refractivity contribution is 0.0163. The number of hydrogen-bond acceptors (Lipinski definition) is 6. The SMILES string of the molecule is C=C(/C=C\C(=C)n1cnnc1)NCCCCCCN1CCC(O)CC1CO. The molecule has 2 heterocycles. The molecule has 0 spiro atoms. The first-order valence-corrected chi connectivity index (χ1v) is 9.78. The first-order valence-electron chi connectivity index (χ1n) is 9.78. The van der Waals surface area contributed by atoms with Crippen LogP contribution in [0.1, 0.15) is 38.5 Å². The van der Waals surface area contributed by atoms with E-state index in [0.717, 1.165) is 56.7 Å². The van der Waals surface area contributed by atoms with Gasteiger partial charge in [0.25, 0.3) is 0 Å². The minimum atomic E-state index is -0.250. The third-order valence-electron chi connectivity index (χ3n) is 4.97. The molecule has 0 amide bonds. The number of piperidine rings is 1. The molecule has 0 saturated carbocycles. The fourth-order valence-corrected chi connectivity index (χ4v) is 3.30. The molecule has 2 rings (SSSR count). The van der Waals surface area contributed by atoms with Gasteiger partial charge in [-0.25, -0.2) is 0 Å². The van der Waals surface area contributed by atoms with Crippen molar-refractivity contribution in [1.82, 2.24) is 25.0 Å². The highest BCUT2D eigenvalue weighted by atomic mass is 16.3. The van der Waals surface area contributed by atoms with Crippen LogP contribution >= 0.6 is 0 Å². The van der Waals surface area contributed by atoms with E-state index in [1.165, 1.54) is 6.42 Å². The van der Waals surface area contributed by atoms with Gasteiger partial charge in [-0.2, -0.15) is 0 Å². The first-order chi connectivity index (χ1) is 13.1. The molecule has 1 fully saturated rings. The second-order valence-electron chi connectivity index (χ2n) is 7.11. The molecule has 150 valence electrons. The van der Waals surface area contributed by atoms with Gasteiger partial charge < -0.3 is 15.5 Å². The Hall–Kier alpha value is -1.96. The first kappa shape index (κ1) is 21.3. The van der Waals surface area contributed by atoms with Crippen LogP contribution in [0, 0.1) is 0 Å². The van der Waals surface area contributed by atoms with Crippen LogP contribution < -0.4 is 5.32 Å². The summed E-state index contributed by atoms with van der Waals surface area (Å²) in [5.41, 5.74) is 1.65. The van der Waals surface area contributed by atoms with Gasteiger partial charge in [-0.05, 0) is 44.4 Å². The summed E-state index contributed by atoms with van der Waals surface area (Å²) in [5.74, 6) is 0. The molecule has 1 aliphatic heterocycles. The third kappa shape index (κ3) is 7.66. The van der Waals surface area contributed by atoms with Gasteiger partial charge in [-0.1, -0.05) is 26.0 Å². The number of allylic oxidation sites excluding steroid dienone is 3. The van der Waals surface area contributed by atoms with Crippen molar-refractivity contribution in [2.45, 2.75) is 50.7 Å². The van der Waals surface area contributed by atoms with Gasteiger partial charge in [0.05, 0.1) is 12.7 Å². The zero-order chi connectivity index (χ0) is 19.5. The van der Waals surface area contributed by atoms with E-state index >= 15 is 0 Å². The van der Waals surface area contributed by atoms with Crippen LogP contribution in [0.5, 0.6) is 0 Å². The van der Waals surface area contributed by atoms with Crippen molar-refractivity contribution in [2.24, 2.45) is 0 Å². The average molecular weight is 376 g/mol. The van der Waals surface area contributed by atoms with Crippen LogP contribution in [0.15, 0.2) is 43.7 Å². The summed E-state index contributed by atoms with van der Waals surface area (Å²) >= 11 is 0. The lowest BCUT2D eigenvalue weighted by Gasteiger charge is -2.36. The van der Waals surface area contributed by atoms with E-state index in [0.29, 0.717) is 6.42 Å². The average Bonchev–Trinajstić information content (AvgIpc) is 3.21. The van der Waals surface area contributed by atoms with E-state index in [2.05, 4.69) is 33.6 Å². The van der Waals surface area contributed by atoms with Crippen LogP contribution in [0.4, 0.5) is 0 Å². The maximum Gasteiger partial charge on any atom is 0.123 e. The number of hydrogen-bond donors (Lipinski definition) is 3. The Balaban J connectivity index is 1.50. The molecular weight excluding hydrogens is 342 g/mol. The summed E-state index contributed by atoms with van der Waals surface area (Å²) in [6, 6.07) is 0.124. The quantitative estimate of drug-likeness (QED) is 0.381. The van der Waals surface area contributed by atoms with Gasteiger partial charge in [0.1, 0.15) is 12.7 Å². The summed E-state index contributed by atoms with van der Waals surface area (Å²) in [5, 5.41) is 30.0. The molecule has 1 aromatic rings. The molecule has 0 aromatic carbocycles. The number of unbranched alkanes of at least 4 members (excludes halogenated alkanes) is 3. The van der Waals surface area contributed by atoms with Crippen LogP contribution in [0.3, 0.4) is 0 Å². The number of rotatable bonds is 12. The minimum absolute atomic E-state index is 0.124. The number of aliphatic hydroxyl groups excluding tert-OH is 2. The maximum atomic E-state index is 9.69. The molecule has 2 atom stereocenters. The number of nitrogens with one attached hydrogen (secondary N) is 1. The molecule has 7 heteroatoms. The summed E-state index contributed by atoms with van der Waals surface area (Å²) in [7, 11) is 0. The third-order valence-corrected chi connectivity index (χ3v) is 4.97. The fraction of sp³-hybridized carbons (Fsp3) is 0.600. The Morgan fingerprint density at radius 1 is 1.15 bits per heavy atom. The monoisotopic (exact) mass is 375 g/mol. The molecular formula is C20H33N5O2. The number of nitrogens with zero attached hydrogens (tertiary/aromatic N) is 4.